The maximum absolute atomic E-state index is 13.1. The molecule has 0 saturated carbocycles. The Labute approximate surface area is 179 Å². The molecule has 2 aliphatic heterocycles. The van der Waals surface area contributed by atoms with Gasteiger partial charge in [0.25, 0.3) is 5.69 Å². The normalized spacial score (nSPS) is 25.0. The maximum Gasteiger partial charge on any atom is 0.293 e. The van der Waals surface area contributed by atoms with E-state index in [1.807, 2.05) is 6.92 Å². The van der Waals surface area contributed by atoms with Crippen LogP contribution in [0.25, 0.3) is 0 Å². The minimum Gasteiger partial charge on any atom is -0.377 e. The standard InChI is InChI=1S/C21H34N4O4S/c1-15-7-6-10-24(14-15)30(28,29)17-8-9-18(19(11-17)25(26)27)22-16-12-20(2,3)23-21(4,5)13-16/h8-9,11,15-16,22-23H,6-7,10,12-14H2,1-5H3. The molecule has 0 spiro atoms. The summed E-state index contributed by atoms with van der Waals surface area (Å²) < 4.78 is 27.6. The van der Waals surface area contributed by atoms with Crippen LogP contribution in [0.5, 0.6) is 0 Å². The molecule has 0 radical (unpaired) electrons. The number of nitro benzene ring substituents is 1. The number of nitrogens with one attached hydrogen (secondary N) is 2. The first-order valence-corrected chi connectivity index (χ1v) is 12.1. The molecule has 0 aliphatic carbocycles. The number of anilines is 1. The zero-order valence-electron chi connectivity index (χ0n) is 18.6. The smallest absolute Gasteiger partial charge is 0.293 e. The average molecular weight is 439 g/mol. The highest BCUT2D eigenvalue weighted by Gasteiger charge is 2.38. The molecule has 2 heterocycles. The number of nitro groups is 1. The van der Waals surface area contributed by atoms with Crippen LogP contribution in [0.2, 0.25) is 0 Å². The van der Waals surface area contributed by atoms with Crippen molar-refractivity contribution in [1.82, 2.24) is 9.62 Å². The molecule has 30 heavy (non-hydrogen) atoms. The Bertz CT molecular complexity index is 898. The minimum atomic E-state index is -3.75. The van der Waals surface area contributed by atoms with E-state index in [1.54, 1.807) is 6.07 Å². The van der Waals surface area contributed by atoms with Crippen molar-refractivity contribution >= 4 is 21.4 Å². The lowest BCUT2D eigenvalue weighted by Gasteiger charge is -2.46. The Balaban J connectivity index is 1.88. The summed E-state index contributed by atoms with van der Waals surface area (Å²) >= 11 is 0. The van der Waals surface area contributed by atoms with Gasteiger partial charge in [0.05, 0.1) is 9.82 Å². The molecule has 8 nitrogen and oxygen atoms in total. The molecule has 0 aromatic heterocycles. The molecular weight excluding hydrogens is 404 g/mol. The lowest BCUT2D eigenvalue weighted by atomic mass is 9.79. The molecule has 2 fully saturated rings. The van der Waals surface area contributed by atoms with E-state index < -0.39 is 14.9 Å². The van der Waals surface area contributed by atoms with Crippen molar-refractivity contribution in [2.45, 2.75) is 82.3 Å². The van der Waals surface area contributed by atoms with Crippen molar-refractivity contribution in [2.75, 3.05) is 18.4 Å². The molecule has 1 atom stereocenters. The second kappa shape index (κ2) is 8.09. The van der Waals surface area contributed by atoms with Crippen molar-refractivity contribution in [3.05, 3.63) is 28.3 Å². The number of sulfonamides is 1. The van der Waals surface area contributed by atoms with E-state index in [1.165, 1.54) is 16.4 Å². The fraction of sp³-hybridized carbons (Fsp3) is 0.714. The highest BCUT2D eigenvalue weighted by atomic mass is 32.2. The van der Waals surface area contributed by atoms with E-state index in [-0.39, 0.29) is 33.6 Å². The molecular formula is C21H34N4O4S. The van der Waals surface area contributed by atoms with Crippen molar-refractivity contribution in [3.8, 4) is 0 Å². The highest BCUT2D eigenvalue weighted by Crippen LogP contribution is 2.35. The van der Waals surface area contributed by atoms with Gasteiger partial charge in [-0.15, -0.1) is 0 Å². The third-order valence-corrected chi connectivity index (χ3v) is 7.83. The van der Waals surface area contributed by atoms with E-state index in [9.17, 15) is 18.5 Å². The lowest BCUT2D eigenvalue weighted by molar-refractivity contribution is -0.384. The maximum atomic E-state index is 13.1. The van der Waals surface area contributed by atoms with Gasteiger partial charge in [0.15, 0.2) is 0 Å². The summed E-state index contributed by atoms with van der Waals surface area (Å²) in [5.41, 5.74) is -0.0510. The van der Waals surface area contributed by atoms with Crippen LogP contribution in [-0.2, 0) is 10.0 Å². The van der Waals surface area contributed by atoms with E-state index in [0.717, 1.165) is 25.7 Å². The van der Waals surface area contributed by atoms with Gasteiger partial charge in [-0.1, -0.05) is 6.92 Å². The third kappa shape index (κ3) is 5.12. The van der Waals surface area contributed by atoms with Crippen LogP contribution in [0.1, 0.15) is 60.3 Å². The largest absolute Gasteiger partial charge is 0.377 e. The van der Waals surface area contributed by atoms with Gasteiger partial charge in [-0.05, 0) is 71.4 Å². The topological polar surface area (TPSA) is 105 Å². The number of hydrogen-bond acceptors (Lipinski definition) is 6. The van der Waals surface area contributed by atoms with E-state index in [4.69, 9.17) is 0 Å². The Morgan fingerprint density at radius 3 is 2.40 bits per heavy atom. The first-order chi connectivity index (χ1) is 13.8. The Kier molecular flexibility index (Phi) is 6.19. The molecule has 2 aliphatic rings. The van der Waals surface area contributed by atoms with Gasteiger partial charge in [0.1, 0.15) is 5.69 Å². The van der Waals surface area contributed by atoms with E-state index in [2.05, 4.69) is 38.3 Å². The first kappa shape index (κ1) is 23.0. The number of piperidine rings is 2. The van der Waals surface area contributed by atoms with Gasteiger partial charge in [0.2, 0.25) is 10.0 Å². The molecule has 9 heteroatoms. The zero-order chi connectivity index (χ0) is 22.3. The van der Waals surface area contributed by atoms with E-state index in [0.29, 0.717) is 18.8 Å². The molecule has 0 bridgehead atoms. The predicted octanol–water partition coefficient (Wildman–Crippen LogP) is 3.74. The zero-order valence-corrected chi connectivity index (χ0v) is 19.4. The lowest BCUT2D eigenvalue weighted by Crippen LogP contribution is -2.60. The predicted molar refractivity (Wildman–Crippen MR) is 118 cm³/mol. The minimum absolute atomic E-state index is 0.0141. The van der Waals surface area contributed by atoms with Crippen molar-refractivity contribution in [1.29, 1.82) is 0 Å². The summed E-state index contributed by atoms with van der Waals surface area (Å²) in [5.74, 6) is 0.288. The number of hydrogen-bond donors (Lipinski definition) is 2. The average Bonchev–Trinajstić information content (AvgIpc) is 2.59. The Hall–Kier alpha value is -1.71. The van der Waals surface area contributed by atoms with Crippen LogP contribution >= 0.6 is 0 Å². The monoisotopic (exact) mass is 438 g/mol. The molecule has 1 aromatic carbocycles. The summed E-state index contributed by atoms with van der Waals surface area (Å²) in [7, 11) is -3.75. The summed E-state index contributed by atoms with van der Waals surface area (Å²) in [6.45, 7) is 11.4. The first-order valence-electron chi connectivity index (χ1n) is 10.6. The van der Waals surface area contributed by atoms with Crippen molar-refractivity contribution < 1.29 is 13.3 Å². The molecule has 2 N–H and O–H groups in total. The second-order valence-electron chi connectivity index (χ2n) is 10.2. The van der Waals surface area contributed by atoms with Crippen LogP contribution in [0.4, 0.5) is 11.4 Å². The van der Waals surface area contributed by atoms with Gasteiger partial charge in [-0.3, -0.25) is 10.1 Å². The molecule has 1 aromatic rings. The summed E-state index contributed by atoms with van der Waals surface area (Å²) in [5, 5.41) is 18.7. The van der Waals surface area contributed by atoms with Gasteiger partial charge in [0, 0.05) is 36.3 Å². The van der Waals surface area contributed by atoms with Crippen LogP contribution in [0.3, 0.4) is 0 Å². The summed E-state index contributed by atoms with van der Waals surface area (Å²) in [6.07, 6.45) is 3.42. The van der Waals surface area contributed by atoms with E-state index >= 15 is 0 Å². The van der Waals surface area contributed by atoms with Crippen LogP contribution in [-0.4, -0.2) is 47.9 Å². The van der Waals surface area contributed by atoms with Gasteiger partial charge < -0.3 is 10.6 Å². The summed E-state index contributed by atoms with van der Waals surface area (Å²) in [6, 6.07) is 4.27. The van der Waals surface area contributed by atoms with Gasteiger partial charge in [-0.25, -0.2) is 8.42 Å². The number of nitrogens with zero attached hydrogens (tertiary/aromatic N) is 2. The number of rotatable bonds is 5. The van der Waals surface area contributed by atoms with Crippen LogP contribution in [0.15, 0.2) is 23.1 Å². The highest BCUT2D eigenvalue weighted by molar-refractivity contribution is 7.89. The van der Waals surface area contributed by atoms with Crippen molar-refractivity contribution in [2.24, 2.45) is 5.92 Å². The van der Waals surface area contributed by atoms with Gasteiger partial charge in [-0.2, -0.15) is 4.31 Å². The number of benzene rings is 1. The third-order valence-electron chi connectivity index (χ3n) is 5.97. The van der Waals surface area contributed by atoms with Crippen LogP contribution in [0, 0.1) is 16.0 Å². The summed E-state index contributed by atoms with van der Waals surface area (Å²) in [4.78, 5) is 11.3. The second-order valence-corrected chi connectivity index (χ2v) is 12.1. The molecule has 2 saturated heterocycles. The fourth-order valence-electron chi connectivity index (χ4n) is 5.10. The fourth-order valence-corrected chi connectivity index (χ4v) is 6.72. The Morgan fingerprint density at radius 2 is 1.83 bits per heavy atom. The quantitative estimate of drug-likeness (QED) is 0.536. The molecule has 168 valence electrons. The van der Waals surface area contributed by atoms with Crippen LogP contribution < -0.4 is 10.6 Å². The molecule has 0 amide bonds. The SMILES string of the molecule is CC1CCCN(S(=O)(=O)c2ccc(NC3CC(C)(C)NC(C)(C)C3)c([N+](=O)[O-])c2)C1. The molecule has 1 unspecified atom stereocenters. The molecule has 3 rings (SSSR count). The van der Waals surface area contributed by atoms with Crippen molar-refractivity contribution in [3.63, 3.8) is 0 Å². The Morgan fingerprint density at radius 1 is 1.20 bits per heavy atom. The van der Waals surface area contributed by atoms with Gasteiger partial charge >= 0.3 is 0 Å².